The molecule has 11 heavy (non-hydrogen) atoms. The Kier molecular flexibility index (Phi) is 2.41. The van der Waals surface area contributed by atoms with Crippen LogP contribution in [-0.4, -0.2) is 15.7 Å². The summed E-state index contributed by atoms with van der Waals surface area (Å²) >= 11 is 2.14. The highest BCUT2D eigenvalue weighted by molar-refractivity contribution is 14.1. The minimum atomic E-state index is -1.39. The van der Waals surface area contributed by atoms with E-state index in [0.29, 0.717) is 0 Å². The molecule has 64 valence electrons. The van der Waals surface area contributed by atoms with Gasteiger partial charge in [-0.3, -0.25) is 4.79 Å². The van der Waals surface area contributed by atoms with Crippen LogP contribution in [0.15, 0.2) is 0 Å². The van der Waals surface area contributed by atoms with Crippen LogP contribution in [0.3, 0.4) is 0 Å². The second kappa shape index (κ2) is 2.88. The molecule has 1 aliphatic heterocycles. The molecule has 0 spiro atoms. The normalized spacial score (nSPS) is 32.2. The lowest BCUT2D eigenvalue weighted by molar-refractivity contribution is -0.149. The lowest BCUT2D eigenvalue weighted by Gasteiger charge is -2.20. The second-order valence-corrected chi connectivity index (χ2v) is 5.98. The van der Waals surface area contributed by atoms with Gasteiger partial charge in [0.2, 0.25) is 6.36 Å². The summed E-state index contributed by atoms with van der Waals surface area (Å²) in [5.41, 5.74) is 0. The molecule has 1 fully saturated rings. The largest absolute Gasteiger partial charge is 0.431 e. The molecule has 0 aliphatic carbocycles. The van der Waals surface area contributed by atoms with Gasteiger partial charge >= 0.3 is 5.97 Å². The summed E-state index contributed by atoms with van der Waals surface area (Å²) in [4.78, 5) is 11.0. The maximum Gasteiger partial charge on any atom is 0.313 e. The van der Waals surface area contributed by atoms with Crippen LogP contribution < -0.4 is 0 Å². The number of ether oxygens (including phenoxy) is 1. The highest BCUT2D eigenvalue weighted by atomic mass is 127. The molecule has 0 N–H and O–H groups in total. The molecule has 1 rings (SSSR count). The number of halogens is 2. The van der Waals surface area contributed by atoms with Crippen LogP contribution in [0.1, 0.15) is 20.3 Å². The van der Waals surface area contributed by atoms with Crippen LogP contribution in [-0.2, 0) is 9.53 Å². The number of esters is 1. The van der Waals surface area contributed by atoms with Crippen molar-refractivity contribution in [3.63, 3.8) is 0 Å². The quantitative estimate of drug-likeness (QED) is 0.415. The number of carbonyl (C=O) groups is 1. The molecule has 0 bridgehead atoms. The second-order valence-electron chi connectivity index (χ2n) is 3.20. The third-order valence-corrected chi connectivity index (χ3v) is 2.53. The first kappa shape index (κ1) is 9.22. The van der Waals surface area contributed by atoms with Crippen molar-refractivity contribution < 1.29 is 13.9 Å². The standard InChI is InChI=1S/C7H10FIO2/c1-7(2,9)4-3-5(8)11-6(4)10/h4-5H,3H2,1-2H3. The first-order chi connectivity index (χ1) is 4.91. The number of hydrogen-bond donors (Lipinski definition) is 0. The molecule has 0 amide bonds. The van der Waals surface area contributed by atoms with Gasteiger partial charge in [-0.2, -0.15) is 0 Å². The van der Waals surface area contributed by atoms with E-state index in [1.165, 1.54) is 0 Å². The number of rotatable bonds is 1. The average molecular weight is 272 g/mol. The van der Waals surface area contributed by atoms with Crippen molar-refractivity contribution in [1.82, 2.24) is 0 Å². The Labute approximate surface area is 78.6 Å². The zero-order valence-electron chi connectivity index (χ0n) is 6.43. The molecular weight excluding hydrogens is 262 g/mol. The molecule has 2 unspecified atom stereocenters. The van der Waals surface area contributed by atoms with Crippen molar-refractivity contribution in [2.75, 3.05) is 0 Å². The predicted molar refractivity (Wildman–Crippen MR) is 47.2 cm³/mol. The minimum absolute atomic E-state index is 0.203. The van der Waals surface area contributed by atoms with Crippen LogP contribution in [0.5, 0.6) is 0 Å². The molecule has 1 heterocycles. The lowest BCUT2D eigenvalue weighted by Crippen LogP contribution is -2.27. The Balaban J connectivity index is 2.68. The van der Waals surface area contributed by atoms with Crippen molar-refractivity contribution in [3.8, 4) is 0 Å². The molecule has 4 heteroatoms. The lowest BCUT2D eigenvalue weighted by atomic mass is 9.94. The van der Waals surface area contributed by atoms with E-state index >= 15 is 0 Å². The van der Waals surface area contributed by atoms with Gasteiger partial charge in [0.05, 0.1) is 5.92 Å². The third kappa shape index (κ3) is 2.04. The summed E-state index contributed by atoms with van der Waals surface area (Å²) in [5, 5.41) is 0. The van der Waals surface area contributed by atoms with Gasteiger partial charge in [0.1, 0.15) is 0 Å². The number of cyclic esters (lactones) is 1. The topological polar surface area (TPSA) is 26.3 Å². The Hall–Kier alpha value is 0.130. The van der Waals surface area contributed by atoms with Gasteiger partial charge in [0, 0.05) is 9.84 Å². The molecule has 0 radical (unpaired) electrons. The number of carbonyl (C=O) groups excluding carboxylic acids is 1. The van der Waals surface area contributed by atoms with Crippen molar-refractivity contribution in [2.45, 2.75) is 30.0 Å². The molecule has 1 saturated heterocycles. The summed E-state index contributed by atoms with van der Waals surface area (Å²) in [6, 6.07) is 0. The van der Waals surface area contributed by atoms with E-state index in [-0.39, 0.29) is 15.8 Å². The molecule has 2 nitrogen and oxygen atoms in total. The van der Waals surface area contributed by atoms with Gasteiger partial charge in [-0.15, -0.1) is 0 Å². The fraction of sp³-hybridized carbons (Fsp3) is 0.857. The van der Waals surface area contributed by atoms with Crippen molar-refractivity contribution in [1.29, 1.82) is 0 Å². The molecule has 1 aliphatic rings. The van der Waals surface area contributed by atoms with E-state index in [9.17, 15) is 9.18 Å². The Morgan fingerprint density at radius 1 is 1.73 bits per heavy atom. The third-order valence-electron chi connectivity index (χ3n) is 1.78. The zero-order chi connectivity index (χ0) is 8.65. The van der Waals surface area contributed by atoms with Crippen LogP contribution in [0, 0.1) is 5.92 Å². The maximum atomic E-state index is 12.5. The Bertz CT molecular complexity index is 176. The first-order valence-corrected chi connectivity index (χ1v) is 4.52. The van der Waals surface area contributed by atoms with Crippen molar-refractivity contribution in [2.24, 2.45) is 5.92 Å². The molecular formula is C7H10FIO2. The fourth-order valence-electron chi connectivity index (χ4n) is 1.10. The summed E-state index contributed by atoms with van der Waals surface area (Å²) in [6.07, 6.45) is -1.18. The van der Waals surface area contributed by atoms with Gasteiger partial charge in [-0.25, -0.2) is 4.39 Å². The average Bonchev–Trinajstić information content (AvgIpc) is 2.08. The molecule has 0 saturated carbocycles. The summed E-state index contributed by atoms with van der Waals surface area (Å²) in [5.74, 6) is -0.699. The fourth-order valence-corrected chi connectivity index (χ4v) is 1.61. The summed E-state index contributed by atoms with van der Waals surface area (Å²) < 4.78 is 16.7. The number of hydrogen-bond acceptors (Lipinski definition) is 2. The molecule has 0 aromatic carbocycles. The molecule has 2 atom stereocenters. The van der Waals surface area contributed by atoms with Gasteiger partial charge in [-0.1, -0.05) is 22.6 Å². The Morgan fingerprint density at radius 2 is 2.27 bits per heavy atom. The van der Waals surface area contributed by atoms with E-state index < -0.39 is 12.3 Å². The van der Waals surface area contributed by atoms with Crippen molar-refractivity contribution >= 4 is 28.6 Å². The van der Waals surface area contributed by atoms with Gasteiger partial charge < -0.3 is 4.74 Å². The SMILES string of the molecule is CC(C)(I)C1CC(F)OC1=O. The van der Waals surface area contributed by atoms with E-state index in [4.69, 9.17) is 0 Å². The van der Waals surface area contributed by atoms with Crippen LogP contribution in [0.4, 0.5) is 4.39 Å². The molecule has 0 aromatic heterocycles. The highest BCUT2D eigenvalue weighted by Gasteiger charge is 2.42. The monoisotopic (exact) mass is 272 g/mol. The van der Waals surface area contributed by atoms with E-state index in [0.717, 1.165) is 0 Å². The van der Waals surface area contributed by atoms with E-state index in [2.05, 4.69) is 27.3 Å². The smallest absolute Gasteiger partial charge is 0.313 e. The van der Waals surface area contributed by atoms with Crippen LogP contribution in [0.2, 0.25) is 0 Å². The maximum absolute atomic E-state index is 12.5. The Morgan fingerprint density at radius 3 is 2.45 bits per heavy atom. The zero-order valence-corrected chi connectivity index (χ0v) is 8.59. The van der Waals surface area contributed by atoms with Crippen molar-refractivity contribution in [3.05, 3.63) is 0 Å². The van der Waals surface area contributed by atoms with Gasteiger partial charge in [0.15, 0.2) is 0 Å². The van der Waals surface area contributed by atoms with Gasteiger partial charge in [-0.05, 0) is 13.8 Å². The summed E-state index contributed by atoms with van der Waals surface area (Å²) in [6.45, 7) is 3.80. The minimum Gasteiger partial charge on any atom is -0.431 e. The van der Waals surface area contributed by atoms with Gasteiger partial charge in [0.25, 0.3) is 0 Å². The number of alkyl halides is 2. The van der Waals surface area contributed by atoms with Crippen LogP contribution in [0.25, 0.3) is 0 Å². The van der Waals surface area contributed by atoms with E-state index in [1.807, 2.05) is 13.8 Å². The molecule has 0 aromatic rings. The summed E-state index contributed by atoms with van der Waals surface area (Å²) in [7, 11) is 0. The van der Waals surface area contributed by atoms with Crippen LogP contribution >= 0.6 is 22.6 Å². The predicted octanol–water partition coefficient (Wildman–Crippen LogP) is 2.06. The van der Waals surface area contributed by atoms with E-state index in [1.54, 1.807) is 0 Å². The first-order valence-electron chi connectivity index (χ1n) is 3.44. The highest BCUT2D eigenvalue weighted by Crippen LogP contribution is 2.36.